The summed E-state index contributed by atoms with van der Waals surface area (Å²) in [7, 11) is 0. The van der Waals surface area contributed by atoms with Crippen LogP contribution in [-0.4, -0.2) is 22.4 Å². The lowest BCUT2D eigenvalue weighted by atomic mass is 10.0. The number of rotatable bonds is 3. The molecular formula is C8H8F3NO3. The number of aromatic nitrogens is 1. The Morgan fingerprint density at radius 2 is 2.27 bits per heavy atom. The van der Waals surface area contributed by atoms with Crippen molar-refractivity contribution >= 4 is 5.97 Å². The molecule has 0 saturated heterocycles. The second-order valence-corrected chi connectivity index (χ2v) is 3.05. The van der Waals surface area contributed by atoms with Gasteiger partial charge in [-0.1, -0.05) is 5.16 Å². The molecule has 0 radical (unpaired) electrons. The minimum absolute atomic E-state index is 0.213. The van der Waals surface area contributed by atoms with Gasteiger partial charge in [-0.05, 0) is 6.92 Å². The van der Waals surface area contributed by atoms with Gasteiger partial charge in [-0.15, -0.1) is 0 Å². The van der Waals surface area contributed by atoms with Crippen molar-refractivity contribution in [2.75, 3.05) is 0 Å². The van der Waals surface area contributed by atoms with Crippen LogP contribution in [0.3, 0.4) is 0 Å². The maximum Gasteiger partial charge on any atom is 0.397 e. The summed E-state index contributed by atoms with van der Waals surface area (Å²) in [5, 5.41) is 11.5. The van der Waals surface area contributed by atoms with Gasteiger partial charge in [-0.25, -0.2) is 0 Å². The first-order valence-electron chi connectivity index (χ1n) is 4.02. The fourth-order valence-corrected chi connectivity index (χ4v) is 1.11. The second kappa shape index (κ2) is 3.92. The third-order valence-corrected chi connectivity index (χ3v) is 1.78. The molecule has 0 spiro atoms. The number of hydrogen-bond acceptors (Lipinski definition) is 3. The molecule has 1 aromatic heterocycles. The van der Waals surface area contributed by atoms with Gasteiger partial charge in [0.05, 0.1) is 12.1 Å². The highest BCUT2D eigenvalue weighted by atomic mass is 19.4. The number of carbonyl (C=O) groups is 1. The predicted octanol–water partition coefficient (Wildman–Crippen LogP) is 2.10. The van der Waals surface area contributed by atoms with Gasteiger partial charge in [0.15, 0.2) is 0 Å². The predicted molar refractivity (Wildman–Crippen MR) is 42.3 cm³/mol. The highest BCUT2D eigenvalue weighted by Gasteiger charge is 2.43. The fraction of sp³-hybridized carbons (Fsp3) is 0.500. The summed E-state index contributed by atoms with van der Waals surface area (Å²) in [6.45, 7) is 1.44. The summed E-state index contributed by atoms with van der Waals surface area (Å²) in [5.74, 6) is -3.44. The normalized spacial score (nSPS) is 13.9. The van der Waals surface area contributed by atoms with Crippen LogP contribution in [0.15, 0.2) is 10.6 Å². The molecule has 15 heavy (non-hydrogen) atoms. The molecule has 0 aliphatic heterocycles. The van der Waals surface area contributed by atoms with Crippen molar-refractivity contribution in [1.29, 1.82) is 0 Å². The Morgan fingerprint density at radius 3 is 2.60 bits per heavy atom. The molecule has 1 N–H and O–H groups in total. The van der Waals surface area contributed by atoms with Crippen molar-refractivity contribution in [2.45, 2.75) is 25.4 Å². The fourth-order valence-electron chi connectivity index (χ4n) is 1.11. The van der Waals surface area contributed by atoms with Crippen LogP contribution in [0.1, 0.15) is 23.8 Å². The van der Waals surface area contributed by atoms with E-state index in [4.69, 9.17) is 5.11 Å². The summed E-state index contributed by atoms with van der Waals surface area (Å²) < 4.78 is 41.8. The number of alkyl halides is 3. The van der Waals surface area contributed by atoms with Crippen LogP contribution in [0.5, 0.6) is 0 Å². The molecule has 7 heteroatoms. The summed E-state index contributed by atoms with van der Waals surface area (Å²) in [6, 6.07) is 1.08. The summed E-state index contributed by atoms with van der Waals surface area (Å²) in [4.78, 5) is 10.3. The lowest BCUT2D eigenvalue weighted by Gasteiger charge is -2.15. The summed E-state index contributed by atoms with van der Waals surface area (Å²) in [6.07, 6.45) is -5.68. The van der Waals surface area contributed by atoms with Gasteiger partial charge in [0, 0.05) is 6.07 Å². The topological polar surface area (TPSA) is 63.3 Å². The van der Waals surface area contributed by atoms with Crippen LogP contribution in [-0.2, 0) is 4.79 Å². The van der Waals surface area contributed by atoms with Crippen molar-refractivity contribution in [2.24, 2.45) is 0 Å². The van der Waals surface area contributed by atoms with Gasteiger partial charge in [-0.3, -0.25) is 4.79 Å². The van der Waals surface area contributed by atoms with Crippen LogP contribution in [0.25, 0.3) is 0 Å². The van der Waals surface area contributed by atoms with E-state index in [-0.39, 0.29) is 5.76 Å². The molecular weight excluding hydrogens is 215 g/mol. The van der Waals surface area contributed by atoms with E-state index in [1.165, 1.54) is 6.92 Å². The third-order valence-electron chi connectivity index (χ3n) is 1.78. The van der Waals surface area contributed by atoms with E-state index in [0.717, 1.165) is 6.07 Å². The zero-order chi connectivity index (χ0) is 11.6. The van der Waals surface area contributed by atoms with E-state index >= 15 is 0 Å². The summed E-state index contributed by atoms with van der Waals surface area (Å²) in [5.41, 5.74) is -0.401. The maximum atomic E-state index is 12.4. The molecule has 0 amide bonds. The maximum absolute atomic E-state index is 12.4. The first-order valence-corrected chi connectivity index (χ1v) is 4.02. The van der Waals surface area contributed by atoms with Gasteiger partial charge in [0.2, 0.25) is 0 Å². The van der Waals surface area contributed by atoms with Gasteiger partial charge in [-0.2, -0.15) is 13.2 Å². The van der Waals surface area contributed by atoms with Gasteiger partial charge in [0.25, 0.3) is 0 Å². The Balaban J connectivity index is 2.96. The first-order chi connectivity index (χ1) is 6.80. The molecule has 0 bridgehead atoms. The average molecular weight is 223 g/mol. The van der Waals surface area contributed by atoms with Crippen LogP contribution < -0.4 is 0 Å². The van der Waals surface area contributed by atoms with Gasteiger partial charge >= 0.3 is 12.1 Å². The first kappa shape index (κ1) is 11.5. The van der Waals surface area contributed by atoms with E-state index in [9.17, 15) is 18.0 Å². The van der Waals surface area contributed by atoms with Crippen molar-refractivity contribution < 1.29 is 27.6 Å². The SMILES string of the molecule is Cc1cc(C(CC(=O)O)C(F)(F)F)no1. The van der Waals surface area contributed by atoms with Crippen LogP contribution in [0.2, 0.25) is 0 Å². The van der Waals surface area contributed by atoms with E-state index in [2.05, 4.69) is 9.68 Å². The number of carboxylic acid groups (broad SMARTS) is 1. The molecule has 1 unspecified atom stereocenters. The Morgan fingerprint density at radius 1 is 1.67 bits per heavy atom. The number of halogens is 3. The summed E-state index contributed by atoms with van der Waals surface area (Å²) >= 11 is 0. The molecule has 1 heterocycles. The Labute approximate surface area is 82.7 Å². The second-order valence-electron chi connectivity index (χ2n) is 3.05. The molecule has 84 valence electrons. The lowest BCUT2D eigenvalue weighted by Crippen LogP contribution is -2.23. The molecule has 0 saturated carbocycles. The third kappa shape index (κ3) is 2.97. The number of aliphatic carboxylic acids is 1. The highest BCUT2D eigenvalue weighted by Crippen LogP contribution is 2.36. The lowest BCUT2D eigenvalue weighted by molar-refractivity contribution is -0.164. The zero-order valence-corrected chi connectivity index (χ0v) is 7.71. The minimum Gasteiger partial charge on any atom is -0.481 e. The number of carboxylic acids is 1. The van der Waals surface area contributed by atoms with E-state index in [1.807, 2.05) is 0 Å². The molecule has 1 atom stereocenters. The van der Waals surface area contributed by atoms with Crippen LogP contribution in [0.4, 0.5) is 13.2 Å². The zero-order valence-electron chi connectivity index (χ0n) is 7.71. The van der Waals surface area contributed by atoms with Gasteiger partial charge < -0.3 is 9.63 Å². The molecule has 0 aromatic carbocycles. The molecule has 0 aliphatic rings. The number of aryl methyl sites for hydroxylation is 1. The van der Waals surface area contributed by atoms with Crippen molar-refractivity contribution in [1.82, 2.24) is 5.16 Å². The molecule has 1 aromatic rings. The van der Waals surface area contributed by atoms with Crippen molar-refractivity contribution in [3.05, 3.63) is 17.5 Å². The van der Waals surface area contributed by atoms with E-state index in [0.29, 0.717) is 0 Å². The van der Waals surface area contributed by atoms with Crippen LogP contribution >= 0.6 is 0 Å². The van der Waals surface area contributed by atoms with E-state index < -0.39 is 30.2 Å². The molecule has 0 fully saturated rings. The molecule has 0 aliphatic carbocycles. The van der Waals surface area contributed by atoms with Gasteiger partial charge in [0.1, 0.15) is 11.7 Å². The van der Waals surface area contributed by atoms with Crippen molar-refractivity contribution in [3.63, 3.8) is 0 Å². The van der Waals surface area contributed by atoms with Crippen LogP contribution in [0, 0.1) is 6.92 Å². The van der Waals surface area contributed by atoms with Crippen molar-refractivity contribution in [3.8, 4) is 0 Å². The molecule has 4 nitrogen and oxygen atoms in total. The quantitative estimate of drug-likeness (QED) is 0.852. The van der Waals surface area contributed by atoms with E-state index in [1.54, 1.807) is 0 Å². The minimum atomic E-state index is -4.64. The standard InChI is InChI=1S/C8H8F3NO3/c1-4-2-6(12-15-4)5(3-7(13)14)8(9,10)11/h2,5H,3H2,1H3,(H,13,14). The Kier molecular flexibility index (Phi) is 3.01. The largest absolute Gasteiger partial charge is 0.481 e. The Bertz CT molecular complexity index is 358. The average Bonchev–Trinajstić information content (AvgIpc) is 2.45. The molecule has 1 rings (SSSR count). The number of nitrogens with zero attached hydrogens (tertiary/aromatic N) is 1. The number of hydrogen-bond donors (Lipinski definition) is 1. The Hall–Kier alpha value is -1.53. The monoisotopic (exact) mass is 223 g/mol. The smallest absolute Gasteiger partial charge is 0.397 e. The highest BCUT2D eigenvalue weighted by molar-refractivity contribution is 5.68.